The molecule has 0 saturated heterocycles. The van der Waals surface area contributed by atoms with Crippen LogP contribution in [0, 0.1) is 5.92 Å². The summed E-state index contributed by atoms with van der Waals surface area (Å²) in [4.78, 5) is 22.5. The maximum Gasteiger partial charge on any atom is 0.239 e. The van der Waals surface area contributed by atoms with Gasteiger partial charge < -0.3 is 16.4 Å². The lowest BCUT2D eigenvalue weighted by atomic mass is 10.0. The summed E-state index contributed by atoms with van der Waals surface area (Å²) in [6, 6.07) is -0.908. The number of rotatable bonds is 6. The number of hydrogen-bond donors (Lipinski definition) is 3. The molecule has 1 unspecified atom stereocenters. The Bertz CT molecular complexity index is 229. The number of amides is 2. The Kier molecular flexibility index (Phi) is 5.93. The van der Waals surface area contributed by atoms with Gasteiger partial charge in [-0.2, -0.15) is 0 Å². The molecule has 2 amide bonds. The van der Waals surface area contributed by atoms with Crippen molar-refractivity contribution in [2.75, 3.05) is 6.54 Å². The number of likely N-dealkylation sites (N-methyl/N-ethyl adjacent to an activating group) is 1. The third-order valence-electron chi connectivity index (χ3n) is 2.16. The lowest BCUT2D eigenvalue weighted by molar-refractivity contribution is -0.129. The van der Waals surface area contributed by atoms with Gasteiger partial charge >= 0.3 is 0 Å². The fourth-order valence-electron chi connectivity index (χ4n) is 1.23. The van der Waals surface area contributed by atoms with Gasteiger partial charge in [0, 0.05) is 0 Å². The van der Waals surface area contributed by atoms with Crippen LogP contribution in [0.25, 0.3) is 0 Å². The molecule has 5 nitrogen and oxygen atoms in total. The van der Waals surface area contributed by atoms with Crippen molar-refractivity contribution in [3.05, 3.63) is 0 Å². The van der Waals surface area contributed by atoms with Crippen LogP contribution >= 0.6 is 0 Å². The summed E-state index contributed by atoms with van der Waals surface area (Å²) in [5.74, 6) is -0.537. The zero-order valence-corrected chi connectivity index (χ0v) is 9.83. The highest BCUT2D eigenvalue weighted by Crippen LogP contribution is 2.01. The van der Waals surface area contributed by atoms with E-state index in [2.05, 4.69) is 10.6 Å². The molecule has 0 aromatic rings. The summed E-state index contributed by atoms with van der Waals surface area (Å²) in [5.41, 5.74) is 5.06. The van der Waals surface area contributed by atoms with E-state index in [0.717, 1.165) is 0 Å². The fraction of sp³-hybridized carbons (Fsp3) is 0.800. The third-order valence-corrected chi connectivity index (χ3v) is 2.16. The van der Waals surface area contributed by atoms with E-state index in [-0.39, 0.29) is 17.9 Å². The molecule has 0 bridgehead atoms. The number of nitrogens with one attached hydrogen (secondary N) is 2. The zero-order valence-electron chi connectivity index (χ0n) is 9.83. The highest BCUT2D eigenvalue weighted by molar-refractivity contribution is 5.88. The predicted octanol–water partition coefficient (Wildman–Crippen LogP) is -0.389. The Morgan fingerprint density at radius 3 is 2.13 bits per heavy atom. The largest absolute Gasteiger partial charge is 0.368 e. The second-order valence-electron chi connectivity index (χ2n) is 3.91. The number of primary amides is 1. The maximum absolute atomic E-state index is 11.7. The van der Waals surface area contributed by atoms with Crippen molar-refractivity contribution in [1.29, 1.82) is 0 Å². The molecule has 0 aliphatic heterocycles. The van der Waals surface area contributed by atoms with Crippen molar-refractivity contribution in [3.8, 4) is 0 Å². The Morgan fingerprint density at radius 2 is 1.80 bits per heavy atom. The monoisotopic (exact) mass is 215 g/mol. The molecule has 0 spiro atoms. The van der Waals surface area contributed by atoms with E-state index in [1.807, 2.05) is 20.8 Å². The molecule has 88 valence electrons. The van der Waals surface area contributed by atoms with Gasteiger partial charge in [-0.3, -0.25) is 9.59 Å². The van der Waals surface area contributed by atoms with E-state index in [9.17, 15) is 9.59 Å². The average Bonchev–Trinajstić information content (AvgIpc) is 2.12. The molecule has 0 aromatic carbocycles. The second-order valence-corrected chi connectivity index (χ2v) is 3.91. The van der Waals surface area contributed by atoms with E-state index in [1.54, 1.807) is 6.92 Å². The van der Waals surface area contributed by atoms with Gasteiger partial charge in [-0.25, -0.2) is 0 Å². The SMILES string of the molecule is CCNC(C(=O)N[C@@H](C)C(N)=O)C(C)C. The first-order valence-corrected chi connectivity index (χ1v) is 5.23. The molecule has 15 heavy (non-hydrogen) atoms. The summed E-state index contributed by atoms with van der Waals surface area (Å²) < 4.78 is 0. The molecule has 0 aliphatic carbocycles. The molecule has 5 heteroatoms. The molecular formula is C10H21N3O2. The van der Waals surface area contributed by atoms with Crippen LogP contribution in [0.15, 0.2) is 0 Å². The average molecular weight is 215 g/mol. The first kappa shape index (κ1) is 13.9. The van der Waals surface area contributed by atoms with Gasteiger partial charge in [0.05, 0.1) is 6.04 Å². The van der Waals surface area contributed by atoms with Gasteiger partial charge in [0.25, 0.3) is 0 Å². The molecule has 0 aromatic heterocycles. The second kappa shape index (κ2) is 6.40. The highest BCUT2D eigenvalue weighted by atomic mass is 16.2. The number of carbonyl (C=O) groups is 2. The first-order chi connectivity index (χ1) is 6.90. The third kappa shape index (κ3) is 4.78. The lowest BCUT2D eigenvalue weighted by Gasteiger charge is -2.22. The number of hydrogen-bond acceptors (Lipinski definition) is 3. The first-order valence-electron chi connectivity index (χ1n) is 5.23. The standard InChI is InChI=1S/C10H21N3O2/c1-5-12-8(6(2)3)10(15)13-7(4)9(11)14/h6-8,12H,5H2,1-4H3,(H2,11,14)(H,13,15)/t7-,8?/m0/s1. The van der Waals surface area contributed by atoms with E-state index in [1.165, 1.54) is 0 Å². The smallest absolute Gasteiger partial charge is 0.239 e. The van der Waals surface area contributed by atoms with Crippen molar-refractivity contribution < 1.29 is 9.59 Å². The summed E-state index contributed by atoms with van der Waals surface area (Å²) >= 11 is 0. The summed E-state index contributed by atoms with van der Waals surface area (Å²) in [7, 11) is 0. The Labute approximate surface area is 90.8 Å². The van der Waals surface area contributed by atoms with Gasteiger partial charge in [0.1, 0.15) is 6.04 Å². The van der Waals surface area contributed by atoms with E-state index < -0.39 is 11.9 Å². The maximum atomic E-state index is 11.7. The van der Waals surface area contributed by atoms with Crippen molar-refractivity contribution in [2.45, 2.75) is 39.8 Å². The van der Waals surface area contributed by atoms with Gasteiger partial charge in [-0.15, -0.1) is 0 Å². The normalized spacial score (nSPS) is 14.7. The van der Waals surface area contributed by atoms with Crippen LogP contribution in [0.5, 0.6) is 0 Å². The molecule has 0 saturated carbocycles. The van der Waals surface area contributed by atoms with Crippen LogP contribution in [0.4, 0.5) is 0 Å². The number of nitrogens with two attached hydrogens (primary N) is 1. The van der Waals surface area contributed by atoms with Crippen molar-refractivity contribution in [1.82, 2.24) is 10.6 Å². The molecule has 2 atom stereocenters. The van der Waals surface area contributed by atoms with Crippen LogP contribution in [0.2, 0.25) is 0 Å². The zero-order chi connectivity index (χ0) is 12.0. The fourth-order valence-corrected chi connectivity index (χ4v) is 1.23. The van der Waals surface area contributed by atoms with Crippen LogP contribution in [0.1, 0.15) is 27.7 Å². The Hall–Kier alpha value is -1.10. The molecular weight excluding hydrogens is 194 g/mol. The van der Waals surface area contributed by atoms with Crippen LogP contribution in [-0.4, -0.2) is 30.4 Å². The molecule has 0 radical (unpaired) electrons. The van der Waals surface area contributed by atoms with Crippen molar-refractivity contribution in [2.24, 2.45) is 11.7 Å². The highest BCUT2D eigenvalue weighted by Gasteiger charge is 2.23. The van der Waals surface area contributed by atoms with Crippen molar-refractivity contribution >= 4 is 11.8 Å². The lowest BCUT2D eigenvalue weighted by Crippen LogP contribution is -2.52. The quantitative estimate of drug-likeness (QED) is 0.564. The van der Waals surface area contributed by atoms with Gasteiger partial charge in [-0.05, 0) is 19.4 Å². The molecule has 4 N–H and O–H groups in total. The summed E-state index contributed by atoms with van der Waals surface area (Å²) in [5, 5.41) is 5.63. The topological polar surface area (TPSA) is 84.2 Å². The van der Waals surface area contributed by atoms with Gasteiger partial charge in [-0.1, -0.05) is 20.8 Å². The van der Waals surface area contributed by atoms with E-state index >= 15 is 0 Å². The molecule has 0 rings (SSSR count). The molecule has 0 fully saturated rings. The summed E-state index contributed by atoms with van der Waals surface area (Å²) in [6.07, 6.45) is 0. The Balaban J connectivity index is 4.32. The molecule has 0 heterocycles. The van der Waals surface area contributed by atoms with Gasteiger partial charge in [0.15, 0.2) is 0 Å². The predicted molar refractivity (Wildman–Crippen MR) is 59.1 cm³/mol. The van der Waals surface area contributed by atoms with E-state index in [0.29, 0.717) is 6.54 Å². The van der Waals surface area contributed by atoms with Crippen LogP contribution < -0.4 is 16.4 Å². The number of carbonyl (C=O) groups excluding carboxylic acids is 2. The van der Waals surface area contributed by atoms with Gasteiger partial charge in [0.2, 0.25) is 11.8 Å². The minimum absolute atomic E-state index is 0.171. The van der Waals surface area contributed by atoms with E-state index in [4.69, 9.17) is 5.73 Å². The minimum atomic E-state index is -0.627. The van der Waals surface area contributed by atoms with Crippen LogP contribution in [0.3, 0.4) is 0 Å². The Morgan fingerprint density at radius 1 is 1.27 bits per heavy atom. The minimum Gasteiger partial charge on any atom is -0.368 e. The molecule has 0 aliphatic rings. The summed E-state index contributed by atoms with van der Waals surface area (Å²) in [6.45, 7) is 8.11. The van der Waals surface area contributed by atoms with Crippen molar-refractivity contribution in [3.63, 3.8) is 0 Å². The van der Waals surface area contributed by atoms with Crippen LogP contribution in [-0.2, 0) is 9.59 Å².